The lowest BCUT2D eigenvalue weighted by Gasteiger charge is -2.13. The Morgan fingerprint density at radius 2 is 2.15 bits per heavy atom. The maximum atomic E-state index is 12.5. The number of benzene rings is 1. The van der Waals surface area contributed by atoms with Gasteiger partial charge in [0.2, 0.25) is 16.9 Å². The smallest absolute Gasteiger partial charge is 0.229 e. The molecule has 1 fully saturated rings. The zero-order valence-electron chi connectivity index (χ0n) is 15.8. The Bertz CT molecular complexity index is 836. The van der Waals surface area contributed by atoms with Crippen molar-refractivity contribution in [3.05, 3.63) is 39.9 Å². The highest BCUT2D eigenvalue weighted by atomic mass is 32.1. The minimum atomic E-state index is -0.372. The molecule has 1 unspecified atom stereocenters. The number of hydrogen-bond acceptors (Lipinski definition) is 6. The van der Waals surface area contributed by atoms with Gasteiger partial charge in [-0.25, -0.2) is 0 Å². The third-order valence-corrected chi connectivity index (χ3v) is 5.57. The van der Waals surface area contributed by atoms with Gasteiger partial charge in [-0.3, -0.25) is 14.5 Å². The quantitative estimate of drug-likeness (QED) is 0.787. The number of ether oxygens (including phenoxy) is 1. The summed E-state index contributed by atoms with van der Waals surface area (Å²) in [5.74, 6) is -0.577. The van der Waals surface area contributed by atoms with E-state index in [1.165, 1.54) is 22.5 Å². The summed E-state index contributed by atoms with van der Waals surface area (Å²) in [6, 6.07) is 6.13. The fourth-order valence-electron chi connectivity index (χ4n) is 2.92. The van der Waals surface area contributed by atoms with Crippen LogP contribution in [0.25, 0.3) is 0 Å². The molecule has 1 aromatic heterocycles. The second-order valence-corrected chi connectivity index (χ2v) is 7.70. The Morgan fingerprint density at radius 3 is 2.89 bits per heavy atom. The van der Waals surface area contributed by atoms with E-state index in [9.17, 15) is 9.59 Å². The Kier molecular flexibility index (Phi) is 6.18. The molecule has 7 nitrogen and oxygen atoms in total. The number of amides is 2. The van der Waals surface area contributed by atoms with Crippen molar-refractivity contribution >= 4 is 28.3 Å². The van der Waals surface area contributed by atoms with Crippen LogP contribution < -0.4 is 10.2 Å². The SMILES string of the molecule is CCOCc1nnc(N2CC(C(=O)NCc3ccc(C)c(C)c3)CC2=O)s1. The number of carbonyl (C=O) groups excluding carboxylic acids is 2. The molecule has 8 heteroatoms. The van der Waals surface area contributed by atoms with Gasteiger partial charge in [0.1, 0.15) is 11.6 Å². The van der Waals surface area contributed by atoms with E-state index in [1.807, 2.05) is 19.1 Å². The molecule has 2 amide bonds. The summed E-state index contributed by atoms with van der Waals surface area (Å²) in [6.45, 7) is 7.80. The molecular weight excluding hydrogens is 364 g/mol. The van der Waals surface area contributed by atoms with Crippen LogP contribution in [0, 0.1) is 19.8 Å². The van der Waals surface area contributed by atoms with Crippen molar-refractivity contribution in [3.8, 4) is 0 Å². The van der Waals surface area contributed by atoms with Gasteiger partial charge in [0.25, 0.3) is 0 Å². The number of nitrogens with zero attached hydrogens (tertiary/aromatic N) is 3. The third kappa shape index (κ3) is 4.70. The highest BCUT2D eigenvalue weighted by molar-refractivity contribution is 7.15. The van der Waals surface area contributed by atoms with Crippen molar-refractivity contribution < 1.29 is 14.3 Å². The van der Waals surface area contributed by atoms with Crippen molar-refractivity contribution in [3.63, 3.8) is 0 Å². The van der Waals surface area contributed by atoms with E-state index in [0.29, 0.717) is 31.4 Å². The number of carbonyl (C=O) groups is 2. The maximum Gasteiger partial charge on any atom is 0.229 e. The van der Waals surface area contributed by atoms with Gasteiger partial charge >= 0.3 is 0 Å². The number of hydrogen-bond donors (Lipinski definition) is 1. The van der Waals surface area contributed by atoms with Gasteiger partial charge in [-0.15, -0.1) is 10.2 Å². The molecule has 2 aromatic rings. The molecule has 1 saturated heterocycles. The monoisotopic (exact) mass is 388 g/mol. The standard InChI is InChI=1S/C19H24N4O3S/c1-4-26-11-16-21-22-19(27-16)23-10-15(8-17(23)24)18(25)20-9-14-6-5-12(2)13(3)7-14/h5-7,15H,4,8-11H2,1-3H3,(H,20,25). The second kappa shape index (κ2) is 8.58. The summed E-state index contributed by atoms with van der Waals surface area (Å²) in [5, 5.41) is 12.3. The van der Waals surface area contributed by atoms with Crippen LogP contribution >= 0.6 is 11.3 Å². The maximum absolute atomic E-state index is 12.5. The van der Waals surface area contributed by atoms with Crippen molar-refractivity contribution in [1.29, 1.82) is 0 Å². The first kappa shape index (κ1) is 19.4. The average molecular weight is 388 g/mol. The molecule has 1 aromatic carbocycles. The molecule has 2 heterocycles. The van der Waals surface area contributed by atoms with Crippen molar-refractivity contribution in [2.24, 2.45) is 5.92 Å². The lowest BCUT2D eigenvalue weighted by Crippen LogP contribution is -2.32. The van der Waals surface area contributed by atoms with Gasteiger partial charge in [0.15, 0.2) is 0 Å². The normalized spacial score (nSPS) is 16.8. The molecule has 1 N–H and O–H groups in total. The zero-order chi connectivity index (χ0) is 19.4. The van der Waals surface area contributed by atoms with Crippen LogP contribution in [0.5, 0.6) is 0 Å². The van der Waals surface area contributed by atoms with Gasteiger partial charge in [0, 0.05) is 26.1 Å². The fourth-order valence-corrected chi connectivity index (χ4v) is 3.72. The van der Waals surface area contributed by atoms with E-state index in [1.54, 1.807) is 4.90 Å². The lowest BCUT2D eigenvalue weighted by molar-refractivity contribution is -0.126. The van der Waals surface area contributed by atoms with Crippen molar-refractivity contribution in [2.75, 3.05) is 18.1 Å². The van der Waals surface area contributed by atoms with Gasteiger partial charge < -0.3 is 10.1 Å². The van der Waals surface area contributed by atoms with E-state index in [-0.39, 0.29) is 24.2 Å². The van der Waals surface area contributed by atoms with Crippen LogP contribution in [-0.2, 0) is 27.5 Å². The van der Waals surface area contributed by atoms with Gasteiger partial charge in [-0.2, -0.15) is 0 Å². The molecule has 0 spiro atoms. The summed E-state index contributed by atoms with van der Waals surface area (Å²) in [4.78, 5) is 26.4. The predicted molar refractivity (Wildman–Crippen MR) is 103 cm³/mol. The molecule has 0 aliphatic carbocycles. The van der Waals surface area contributed by atoms with Crippen LogP contribution in [0.4, 0.5) is 5.13 Å². The summed E-state index contributed by atoms with van der Waals surface area (Å²) in [5.41, 5.74) is 3.48. The molecule has 1 aliphatic heterocycles. The fraction of sp³-hybridized carbons (Fsp3) is 0.474. The van der Waals surface area contributed by atoms with Gasteiger partial charge in [-0.1, -0.05) is 29.5 Å². The van der Waals surface area contributed by atoms with E-state index >= 15 is 0 Å². The summed E-state index contributed by atoms with van der Waals surface area (Å²) in [6.07, 6.45) is 0.194. The first-order valence-electron chi connectivity index (χ1n) is 9.02. The van der Waals surface area contributed by atoms with Crippen LogP contribution in [0.3, 0.4) is 0 Å². The Hall–Kier alpha value is -2.32. The number of aryl methyl sites for hydroxylation is 2. The molecule has 0 radical (unpaired) electrons. The van der Waals surface area contributed by atoms with Gasteiger partial charge in [0.05, 0.1) is 5.92 Å². The number of nitrogens with one attached hydrogen (secondary N) is 1. The molecular formula is C19H24N4O3S. The number of rotatable bonds is 7. The van der Waals surface area contributed by atoms with E-state index in [2.05, 4.69) is 35.4 Å². The number of anilines is 1. The van der Waals surface area contributed by atoms with Crippen LogP contribution in [-0.4, -0.2) is 35.2 Å². The molecule has 1 aliphatic rings. The highest BCUT2D eigenvalue weighted by Crippen LogP contribution is 2.28. The van der Waals surface area contributed by atoms with Crippen molar-refractivity contribution in [1.82, 2.24) is 15.5 Å². The number of aromatic nitrogens is 2. The molecule has 1 atom stereocenters. The first-order chi connectivity index (χ1) is 13.0. The highest BCUT2D eigenvalue weighted by Gasteiger charge is 2.36. The summed E-state index contributed by atoms with van der Waals surface area (Å²) >= 11 is 1.33. The molecule has 0 saturated carbocycles. The summed E-state index contributed by atoms with van der Waals surface area (Å²) in [7, 11) is 0. The van der Waals surface area contributed by atoms with Crippen LogP contribution in [0.1, 0.15) is 35.0 Å². The lowest BCUT2D eigenvalue weighted by atomic mass is 10.1. The Labute approximate surface area is 162 Å². The van der Waals surface area contributed by atoms with E-state index < -0.39 is 0 Å². The third-order valence-electron chi connectivity index (χ3n) is 4.65. The Morgan fingerprint density at radius 1 is 1.33 bits per heavy atom. The molecule has 27 heavy (non-hydrogen) atoms. The van der Waals surface area contributed by atoms with Crippen LogP contribution in [0.2, 0.25) is 0 Å². The largest absolute Gasteiger partial charge is 0.374 e. The topological polar surface area (TPSA) is 84.4 Å². The summed E-state index contributed by atoms with van der Waals surface area (Å²) < 4.78 is 5.31. The van der Waals surface area contributed by atoms with Crippen LogP contribution in [0.15, 0.2) is 18.2 Å². The van der Waals surface area contributed by atoms with Gasteiger partial charge in [-0.05, 0) is 37.5 Å². The predicted octanol–water partition coefficient (Wildman–Crippen LogP) is 2.36. The first-order valence-corrected chi connectivity index (χ1v) is 9.84. The Balaban J connectivity index is 1.56. The van der Waals surface area contributed by atoms with E-state index in [0.717, 1.165) is 10.6 Å². The molecule has 3 rings (SSSR count). The molecule has 0 bridgehead atoms. The second-order valence-electron chi connectivity index (χ2n) is 6.66. The van der Waals surface area contributed by atoms with Crippen molar-refractivity contribution in [2.45, 2.75) is 40.3 Å². The average Bonchev–Trinajstić information content (AvgIpc) is 3.27. The van der Waals surface area contributed by atoms with E-state index in [4.69, 9.17) is 4.74 Å². The minimum Gasteiger partial charge on any atom is -0.374 e. The zero-order valence-corrected chi connectivity index (χ0v) is 16.6. The molecule has 144 valence electrons. The minimum absolute atomic E-state index is 0.0968.